The molecule has 9 rings (SSSR count). The van der Waals surface area contributed by atoms with Gasteiger partial charge in [0.1, 0.15) is 17.9 Å². The molecule has 3 aromatic rings. The van der Waals surface area contributed by atoms with E-state index in [1.54, 1.807) is 30.6 Å². The van der Waals surface area contributed by atoms with Gasteiger partial charge in [0.05, 0.1) is 10.6 Å². The number of anilines is 1. The quantitative estimate of drug-likeness (QED) is 0.321. The van der Waals surface area contributed by atoms with E-state index in [1.807, 2.05) is 15.5 Å². The van der Waals surface area contributed by atoms with E-state index >= 15 is 0 Å². The Hall–Kier alpha value is -2.98. The maximum Gasteiger partial charge on any atom is 0.245 e. The van der Waals surface area contributed by atoms with Crippen molar-refractivity contribution in [3.8, 4) is 0 Å². The van der Waals surface area contributed by atoms with Gasteiger partial charge < -0.3 is 15.1 Å². The standard InChI is InChI=1S/C37H50N6O3S/c1-24(2)41(3)30-9-10-33(28(16-30)22-47(45,46)31-7-5-4-6-8-31)42-12-11-32(36(42)44)40-35-34-17-29(21-43(34)39-23-38-35)37-18-25-13-26(19-37)15-27(14-25)20-37/h4-8,17,21,23-28,30,32-33H,9-16,18-20,22H2,1-3H3,(H,38,39,40). The zero-order valence-electron chi connectivity index (χ0n) is 28.1. The molecule has 4 atom stereocenters. The summed E-state index contributed by atoms with van der Waals surface area (Å²) in [7, 11) is -1.37. The van der Waals surface area contributed by atoms with E-state index in [0.29, 0.717) is 35.8 Å². The summed E-state index contributed by atoms with van der Waals surface area (Å²) in [6.45, 7) is 4.99. The van der Waals surface area contributed by atoms with Crippen LogP contribution in [0.15, 0.2) is 53.8 Å². The molecule has 1 amide bonds. The molecule has 4 bridgehead atoms. The van der Waals surface area contributed by atoms with Crippen LogP contribution in [-0.4, -0.2) is 82.2 Å². The third-order valence-electron chi connectivity index (χ3n) is 12.8. The van der Waals surface area contributed by atoms with Gasteiger partial charge in [-0.15, -0.1) is 0 Å². The fourth-order valence-corrected chi connectivity index (χ4v) is 12.4. The van der Waals surface area contributed by atoms with Crippen LogP contribution in [0.1, 0.15) is 83.6 Å². The Labute approximate surface area is 279 Å². The molecular formula is C37H50N6O3S. The second-order valence-electron chi connectivity index (χ2n) is 16.0. The number of hydrogen-bond donors (Lipinski definition) is 1. The lowest BCUT2D eigenvalue weighted by molar-refractivity contribution is -0.132. The molecule has 4 unspecified atom stereocenters. The van der Waals surface area contributed by atoms with Crippen molar-refractivity contribution in [3.63, 3.8) is 0 Å². The highest BCUT2D eigenvalue weighted by Crippen LogP contribution is 2.61. The Morgan fingerprint density at radius 1 is 1.00 bits per heavy atom. The van der Waals surface area contributed by atoms with Crippen LogP contribution in [0.25, 0.3) is 5.52 Å². The van der Waals surface area contributed by atoms with E-state index in [9.17, 15) is 13.2 Å². The van der Waals surface area contributed by atoms with Crippen LogP contribution in [0, 0.1) is 23.7 Å². The minimum absolute atomic E-state index is 0.0514. The molecule has 1 N–H and O–H groups in total. The van der Waals surface area contributed by atoms with Crippen LogP contribution < -0.4 is 5.32 Å². The van der Waals surface area contributed by atoms with E-state index in [1.165, 1.54) is 44.1 Å². The van der Waals surface area contributed by atoms with Crippen LogP contribution in [0.4, 0.5) is 5.82 Å². The number of nitrogens with one attached hydrogen (secondary N) is 1. The summed E-state index contributed by atoms with van der Waals surface area (Å²) in [6, 6.07) is 11.2. The van der Waals surface area contributed by atoms with Crippen LogP contribution in [-0.2, 0) is 20.0 Å². The van der Waals surface area contributed by atoms with Gasteiger partial charge in [-0.05, 0) is 138 Å². The molecule has 6 aliphatic rings. The van der Waals surface area contributed by atoms with Gasteiger partial charge in [0.15, 0.2) is 15.7 Å². The first-order chi connectivity index (χ1) is 22.6. The molecule has 10 heteroatoms. The minimum Gasteiger partial charge on any atom is -0.356 e. The van der Waals surface area contributed by atoms with Crippen molar-refractivity contribution < 1.29 is 13.2 Å². The van der Waals surface area contributed by atoms with Gasteiger partial charge in [0, 0.05) is 30.9 Å². The first-order valence-electron chi connectivity index (χ1n) is 18.0. The molecular weight excluding hydrogens is 609 g/mol. The SMILES string of the molecule is CC(C)N(C)C1CCC(N2CCC(Nc3ncnn4cc(C56CC7CC(CC(C7)C5)C6)cc34)C2=O)C(CS(=O)(=O)c2ccccc2)C1. The Balaban J connectivity index is 1.02. The molecule has 0 spiro atoms. The fraction of sp³-hybridized carbons (Fsp3) is 0.649. The highest BCUT2D eigenvalue weighted by atomic mass is 32.2. The van der Waals surface area contributed by atoms with Crippen molar-refractivity contribution in [1.29, 1.82) is 0 Å². The third kappa shape index (κ3) is 5.67. The number of carbonyl (C=O) groups is 1. The lowest BCUT2D eigenvalue weighted by Gasteiger charge is -2.56. The fourth-order valence-electron chi connectivity index (χ4n) is 10.7. The van der Waals surface area contributed by atoms with E-state index in [-0.39, 0.29) is 29.0 Å². The van der Waals surface area contributed by atoms with E-state index in [2.05, 4.69) is 53.5 Å². The first kappa shape index (κ1) is 31.3. The van der Waals surface area contributed by atoms with Crippen molar-refractivity contribution >= 4 is 27.1 Å². The number of carbonyl (C=O) groups excluding carboxylic acids is 1. The Morgan fingerprint density at radius 3 is 2.38 bits per heavy atom. The van der Waals surface area contributed by atoms with Crippen LogP contribution in [0.2, 0.25) is 0 Å². The lowest BCUT2D eigenvalue weighted by atomic mass is 9.48. The number of nitrogens with zero attached hydrogens (tertiary/aromatic N) is 5. The number of fused-ring (bicyclic) bond motifs is 1. The van der Waals surface area contributed by atoms with Crippen molar-refractivity contribution in [2.24, 2.45) is 23.7 Å². The predicted octanol–water partition coefficient (Wildman–Crippen LogP) is 5.56. The Kier molecular flexibility index (Phi) is 7.90. The van der Waals surface area contributed by atoms with E-state index in [0.717, 1.165) is 42.5 Å². The predicted molar refractivity (Wildman–Crippen MR) is 183 cm³/mol. The largest absolute Gasteiger partial charge is 0.356 e. The average molecular weight is 659 g/mol. The molecule has 0 radical (unpaired) electrons. The van der Waals surface area contributed by atoms with Crippen molar-refractivity contribution in [1.82, 2.24) is 24.4 Å². The summed E-state index contributed by atoms with van der Waals surface area (Å²) in [5.41, 5.74) is 2.59. The minimum atomic E-state index is -3.50. The second kappa shape index (κ2) is 11.9. The van der Waals surface area contributed by atoms with Gasteiger partial charge in [-0.2, -0.15) is 5.10 Å². The smallest absolute Gasteiger partial charge is 0.245 e. The van der Waals surface area contributed by atoms with E-state index in [4.69, 9.17) is 0 Å². The molecule has 47 heavy (non-hydrogen) atoms. The molecule has 5 aliphatic carbocycles. The first-order valence-corrected chi connectivity index (χ1v) is 19.6. The van der Waals surface area contributed by atoms with Crippen LogP contribution >= 0.6 is 0 Å². The summed E-state index contributed by atoms with van der Waals surface area (Å²) in [4.78, 5) is 23.5. The normalized spacial score (nSPS) is 33.9. The maximum absolute atomic E-state index is 14.1. The van der Waals surface area contributed by atoms with Gasteiger partial charge in [-0.1, -0.05) is 18.2 Å². The Morgan fingerprint density at radius 2 is 1.70 bits per heavy atom. The summed E-state index contributed by atoms with van der Waals surface area (Å²) in [5, 5.41) is 8.11. The van der Waals surface area contributed by atoms with Gasteiger partial charge in [-0.3, -0.25) is 4.79 Å². The summed E-state index contributed by atoms with van der Waals surface area (Å²) < 4.78 is 29.2. The average Bonchev–Trinajstić information content (AvgIpc) is 3.65. The second-order valence-corrected chi connectivity index (χ2v) is 18.1. The Bertz CT molecular complexity index is 1700. The van der Waals surface area contributed by atoms with Gasteiger partial charge in [0.25, 0.3) is 0 Å². The number of sulfone groups is 1. The number of likely N-dealkylation sites (tertiary alicyclic amines) is 1. The topological polar surface area (TPSA) is 99.9 Å². The lowest BCUT2D eigenvalue weighted by Crippen LogP contribution is -2.52. The van der Waals surface area contributed by atoms with Crippen molar-refractivity contribution in [2.45, 2.75) is 113 Å². The number of aromatic nitrogens is 3. The maximum atomic E-state index is 14.1. The van der Waals surface area contributed by atoms with Crippen LogP contribution in [0.5, 0.6) is 0 Å². The highest BCUT2D eigenvalue weighted by molar-refractivity contribution is 7.91. The molecule has 1 aliphatic heterocycles. The van der Waals surface area contributed by atoms with Gasteiger partial charge in [0.2, 0.25) is 5.91 Å². The molecule has 2 aromatic heterocycles. The van der Waals surface area contributed by atoms with Gasteiger partial charge in [-0.25, -0.2) is 17.9 Å². The molecule has 1 aromatic carbocycles. The number of amides is 1. The zero-order chi connectivity index (χ0) is 32.5. The van der Waals surface area contributed by atoms with E-state index < -0.39 is 15.9 Å². The molecule has 252 valence electrons. The van der Waals surface area contributed by atoms with Crippen LogP contribution in [0.3, 0.4) is 0 Å². The molecule has 5 saturated carbocycles. The van der Waals surface area contributed by atoms with Gasteiger partial charge >= 0.3 is 0 Å². The third-order valence-corrected chi connectivity index (χ3v) is 14.7. The molecule has 1 saturated heterocycles. The highest BCUT2D eigenvalue weighted by Gasteiger charge is 2.52. The molecule has 6 fully saturated rings. The summed E-state index contributed by atoms with van der Waals surface area (Å²) in [6.07, 6.45) is 15.1. The monoisotopic (exact) mass is 658 g/mol. The number of hydrogen-bond acceptors (Lipinski definition) is 7. The summed E-state index contributed by atoms with van der Waals surface area (Å²) in [5.74, 6) is 3.27. The summed E-state index contributed by atoms with van der Waals surface area (Å²) >= 11 is 0. The zero-order valence-corrected chi connectivity index (χ0v) is 28.9. The van der Waals surface area contributed by atoms with Crippen molar-refractivity contribution in [3.05, 3.63) is 54.5 Å². The molecule has 3 heterocycles. The van der Waals surface area contributed by atoms with Crippen molar-refractivity contribution in [2.75, 3.05) is 24.7 Å². The number of benzene rings is 1. The number of rotatable bonds is 9. The molecule has 9 nitrogen and oxygen atoms in total.